The first-order valence-corrected chi connectivity index (χ1v) is 17.0. The van der Waals surface area contributed by atoms with E-state index in [0.717, 1.165) is 65.3 Å². The Morgan fingerprint density at radius 2 is 1.37 bits per heavy atom. The summed E-state index contributed by atoms with van der Waals surface area (Å²) in [6.45, 7) is 5.80. The van der Waals surface area contributed by atoms with Gasteiger partial charge in [-0.15, -0.1) is 5.10 Å². The first kappa shape index (κ1) is 31.2. The smallest absolute Gasteiger partial charge is 0.291 e. The van der Waals surface area contributed by atoms with Gasteiger partial charge in [-0.2, -0.15) is 14.6 Å². The lowest BCUT2D eigenvalue weighted by Crippen LogP contribution is -2.23. The van der Waals surface area contributed by atoms with Crippen LogP contribution in [0.5, 0.6) is 11.5 Å². The number of unbranched alkanes of at least 4 members (excludes halogenated alkanes) is 5. The van der Waals surface area contributed by atoms with Gasteiger partial charge in [-0.05, 0) is 79.6 Å². The zero-order valence-electron chi connectivity index (χ0n) is 26.4. The largest absolute Gasteiger partial charge is 0.494 e. The SMILES string of the molecule is CCCCCCOc1ccc(-c2nn(-c3ccccc3)cc2C=c2sc3nc(-c4ccc(OCCCCC)cc4)nn3c2=O)cc1. The number of para-hydroxylation sites is 1. The zero-order chi connectivity index (χ0) is 31.7. The Hall–Kier alpha value is -4.76. The second kappa shape index (κ2) is 15.0. The van der Waals surface area contributed by atoms with E-state index in [9.17, 15) is 4.79 Å². The monoisotopic (exact) mass is 633 g/mol. The van der Waals surface area contributed by atoms with Gasteiger partial charge in [0.25, 0.3) is 5.56 Å². The van der Waals surface area contributed by atoms with Gasteiger partial charge in [0.15, 0.2) is 5.82 Å². The van der Waals surface area contributed by atoms with E-state index in [0.29, 0.717) is 28.5 Å². The maximum absolute atomic E-state index is 13.5. The van der Waals surface area contributed by atoms with Gasteiger partial charge in [0, 0.05) is 22.9 Å². The van der Waals surface area contributed by atoms with E-state index in [2.05, 4.69) is 23.9 Å². The van der Waals surface area contributed by atoms with Crippen LogP contribution in [0.1, 0.15) is 64.4 Å². The Kier molecular flexibility index (Phi) is 10.2. The fourth-order valence-corrected chi connectivity index (χ4v) is 6.10. The Labute approximate surface area is 273 Å². The molecule has 6 aromatic rings. The minimum atomic E-state index is -0.208. The summed E-state index contributed by atoms with van der Waals surface area (Å²) in [5, 5.41) is 9.48. The molecule has 0 spiro atoms. The molecule has 0 N–H and O–H groups in total. The molecular weight excluding hydrogens is 595 g/mol. The van der Waals surface area contributed by atoms with Crippen LogP contribution >= 0.6 is 11.3 Å². The molecule has 3 heterocycles. The fourth-order valence-electron chi connectivity index (χ4n) is 5.20. The van der Waals surface area contributed by atoms with Crippen LogP contribution in [-0.2, 0) is 0 Å². The average Bonchev–Trinajstić information content (AvgIpc) is 3.79. The van der Waals surface area contributed by atoms with Gasteiger partial charge in [-0.1, -0.05) is 75.5 Å². The molecule has 8 nitrogen and oxygen atoms in total. The third-order valence-electron chi connectivity index (χ3n) is 7.76. The van der Waals surface area contributed by atoms with E-state index in [1.807, 2.05) is 95.8 Å². The molecule has 3 aromatic carbocycles. The van der Waals surface area contributed by atoms with Crippen LogP contribution < -0.4 is 19.6 Å². The van der Waals surface area contributed by atoms with Crippen LogP contribution in [0.25, 0.3) is 39.4 Å². The third kappa shape index (κ3) is 7.37. The van der Waals surface area contributed by atoms with Crippen LogP contribution in [0.15, 0.2) is 89.9 Å². The molecule has 0 fully saturated rings. The average molecular weight is 634 g/mol. The number of benzene rings is 3. The molecule has 0 aliphatic carbocycles. The van der Waals surface area contributed by atoms with Gasteiger partial charge < -0.3 is 9.47 Å². The summed E-state index contributed by atoms with van der Waals surface area (Å²) in [5.41, 5.74) is 4.10. The van der Waals surface area contributed by atoms with E-state index < -0.39 is 0 Å². The number of hydrogen-bond donors (Lipinski definition) is 0. The van der Waals surface area contributed by atoms with E-state index in [-0.39, 0.29) is 5.56 Å². The van der Waals surface area contributed by atoms with Crippen LogP contribution in [0.4, 0.5) is 0 Å². The molecular formula is C37H39N5O3S. The summed E-state index contributed by atoms with van der Waals surface area (Å²) in [6, 6.07) is 25.7. The second-order valence-corrected chi connectivity index (χ2v) is 12.3. The van der Waals surface area contributed by atoms with Crippen molar-refractivity contribution in [3.05, 3.63) is 106 Å². The zero-order valence-corrected chi connectivity index (χ0v) is 27.2. The highest BCUT2D eigenvalue weighted by Gasteiger charge is 2.15. The van der Waals surface area contributed by atoms with Crippen molar-refractivity contribution in [2.45, 2.75) is 58.8 Å². The fraction of sp³-hybridized carbons (Fsp3) is 0.297. The highest BCUT2D eigenvalue weighted by molar-refractivity contribution is 7.15. The van der Waals surface area contributed by atoms with Crippen molar-refractivity contribution < 1.29 is 9.47 Å². The summed E-state index contributed by atoms with van der Waals surface area (Å²) in [7, 11) is 0. The van der Waals surface area contributed by atoms with E-state index in [1.54, 1.807) is 0 Å². The number of ether oxygens (including phenoxy) is 2. The van der Waals surface area contributed by atoms with E-state index >= 15 is 0 Å². The van der Waals surface area contributed by atoms with Gasteiger partial charge in [0.05, 0.1) is 23.4 Å². The topological polar surface area (TPSA) is 83.5 Å². The normalized spacial score (nSPS) is 11.8. The van der Waals surface area contributed by atoms with Crippen molar-refractivity contribution in [1.29, 1.82) is 0 Å². The molecule has 0 atom stereocenters. The summed E-state index contributed by atoms with van der Waals surface area (Å²) in [5.74, 6) is 2.17. The molecule has 3 aromatic heterocycles. The summed E-state index contributed by atoms with van der Waals surface area (Å²) in [4.78, 5) is 18.7. The van der Waals surface area contributed by atoms with Crippen molar-refractivity contribution in [1.82, 2.24) is 24.4 Å². The predicted molar refractivity (Wildman–Crippen MR) is 185 cm³/mol. The standard InChI is InChI=1S/C37H39N5O3S/c1-3-5-7-12-24-45-31-19-15-27(16-20-31)34-29(26-41(39-34)30-13-9-8-10-14-30)25-33-36(43)42-37(46-33)38-35(40-42)28-17-21-32(22-18-28)44-23-11-6-4-2/h8-10,13-22,25-26H,3-7,11-12,23-24H2,1-2H3. The first-order chi connectivity index (χ1) is 22.6. The number of rotatable bonds is 15. The maximum atomic E-state index is 13.5. The van der Waals surface area contributed by atoms with Crippen molar-refractivity contribution in [3.8, 4) is 39.8 Å². The lowest BCUT2D eigenvalue weighted by atomic mass is 10.1. The highest BCUT2D eigenvalue weighted by Crippen LogP contribution is 2.27. The number of nitrogens with zero attached hydrogens (tertiary/aromatic N) is 5. The third-order valence-corrected chi connectivity index (χ3v) is 8.71. The highest BCUT2D eigenvalue weighted by atomic mass is 32.1. The molecule has 0 saturated carbocycles. The maximum Gasteiger partial charge on any atom is 0.291 e. The molecule has 6 rings (SSSR count). The number of aromatic nitrogens is 5. The van der Waals surface area contributed by atoms with Crippen LogP contribution in [0, 0.1) is 0 Å². The van der Waals surface area contributed by atoms with Crippen molar-refractivity contribution in [2.75, 3.05) is 13.2 Å². The number of hydrogen-bond acceptors (Lipinski definition) is 7. The lowest BCUT2D eigenvalue weighted by molar-refractivity contribution is 0.305. The molecule has 0 radical (unpaired) electrons. The molecule has 0 amide bonds. The van der Waals surface area contributed by atoms with Crippen LogP contribution in [0.2, 0.25) is 0 Å². The molecule has 9 heteroatoms. The molecule has 46 heavy (non-hydrogen) atoms. The lowest BCUT2D eigenvalue weighted by Gasteiger charge is -2.07. The molecule has 236 valence electrons. The van der Waals surface area contributed by atoms with E-state index in [4.69, 9.17) is 14.6 Å². The number of thiazole rings is 1. The van der Waals surface area contributed by atoms with Gasteiger partial charge in [-0.25, -0.2) is 4.68 Å². The Balaban J connectivity index is 1.27. The van der Waals surface area contributed by atoms with E-state index in [1.165, 1.54) is 35.1 Å². The van der Waals surface area contributed by atoms with Gasteiger partial charge in [0.2, 0.25) is 4.96 Å². The Morgan fingerprint density at radius 1 is 0.739 bits per heavy atom. The minimum Gasteiger partial charge on any atom is -0.494 e. The molecule has 0 unspecified atom stereocenters. The summed E-state index contributed by atoms with van der Waals surface area (Å²) < 4.78 is 15.6. The second-order valence-electron chi connectivity index (χ2n) is 11.3. The quantitative estimate of drug-likeness (QED) is 0.108. The van der Waals surface area contributed by atoms with Crippen molar-refractivity contribution in [2.24, 2.45) is 0 Å². The molecule has 0 aliphatic rings. The van der Waals surface area contributed by atoms with Gasteiger partial charge in [-0.3, -0.25) is 4.79 Å². The van der Waals surface area contributed by atoms with Gasteiger partial charge in [0.1, 0.15) is 17.2 Å². The first-order valence-electron chi connectivity index (χ1n) is 16.2. The van der Waals surface area contributed by atoms with Gasteiger partial charge >= 0.3 is 0 Å². The number of fused-ring (bicyclic) bond motifs is 1. The van der Waals surface area contributed by atoms with Crippen molar-refractivity contribution in [3.63, 3.8) is 0 Å². The summed E-state index contributed by atoms with van der Waals surface area (Å²) >= 11 is 1.32. The van der Waals surface area contributed by atoms with Crippen molar-refractivity contribution >= 4 is 22.4 Å². The molecule has 0 aliphatic heterocycles. The Morgan fingerprint density at radius 3 is 2.02 bits per heavy atom. The summed E-state index contributed by atoms with van der Waals surface area (Å²) in [6.07, 6.45) is 11.9. The molecule has 0 saturated heterocycles. The molecule has 0 bridgehead atoms. The predicted octanol–water partition coefficient (Wildman–Crippen LogP) is 7.75. The minimum absolute atomic E-state index is 0.208. The van der Waals surface area contributed by atoms with Crippen LogP contribution in [0.3, 0.4) is 0 Å². The Bertz CT molecular complexity index is 1960. The van der Waals surface area contributed by atoms with Crippen LogP contribution in [-0.4, -0.2) is 37.6 Å².